The number of aryl methyl sites for hydroxylation is 2. The summed E-state index contributed by atoms with van der Waals surface area (Å²) >= 11 is 6.09. The zero-order chi connectivity index (χ0) is 17.9. The number of carbonyl (C=O) groups excluding carboxylic acids is 2. The average Bonchev–Trinajstić information content (AvgIpc) is 2.56. The number of carbonyl (C=O) groups is 2. The maximum absolute atomic E-state index is 12.6. The molecule has 1 heterocycles. The van der Waals surface area contributed by atoms with Crippen molar-refractivity contribution in [2.75, 3.05) is 19.0 Å². The van der Waals surface area contributed by atoms with E-state index in [0.29, 0.717) is 17.8 Å². The van der Waals surface area contributed by atoms with E-state index in [1.54, 1.807) is 6.92 Å². The van der Waals surface area contributed by atoms with Gasteiger partial charge in [0.25, 0.3) is 0 Å². The Kier molecular flexibility index (Phi) is 5.89. The maximum atomic E-state index is 12.6. The Bertz CT molecular complexity index is 685. The number of amides is 2. The molecule has 2 rings (SSSR count). The van der Waals surface area contributed by atoms with Crippen LogP contribution in [-0.2, 0) is 9.53 Å². The summed E-state index contributed by atoms with van der Waals surface area (Å²) in [4.78, 5) is 26.6. The van der Waals surface area contributed by atoms with Gasteiger partial charge in [0, 0.05) is 6.54 Å². The molecule has 0 aromatic heterocycles. The molecule has 1 aromatic rings. The van der Waals surface area contributed by atoms with Crippen LogP contribution >= 0.6 is 11.6 Å². The van der Waals surface area contributed by atoms with Gasteiger partial charge in [-0.2, -0.15) is 0 Å². The highest BCUT2D eigenvalue weighted by atomic mass is 35.5. The van der Waals surface area contributed by atoms with Crippen LogP contribution in [0.2, 0.25) is 0 Å². The lowest BCUT2D eigenvalue weighted by atomic mass is 9.91. The van der Waals surface area contributed by atoms with Gasteiger partial charge in [-0.3, -0.25) is 4.90 Å². The van der Waals surface area contributed by atoms with E-state index in [2.05, 4.69) is 5.32 Å². The first kappa shape index (κ1) is 18.3. The molecule has 0 saturated heterocycles. The number of allylic oxidation sites excluding steroid dienone is 1. The van der Waals surface area contributed by atoms with Crippen molar-refractivity contribution in [3.05, 3.63) is 46.2 Å². The molecule has 1 aliphatic heterocycles. The van der Waals surface area contributed by atoms with E-state index < -0.39 is 12.0 Å². The summed E-state index contributed by atoms with van der Waals surface area (Å²) < 4.78 is 5.23. The summed E-state index contributed by atoms with van der Waals surface area (Å²) in [5.74, 6) is -0.381. The van der Waals surface area contributed by atoms with Gasteiger partial charge in [-0.05, 0) is 38.8 Å². The molecule has 130 valence electrons. The van der Waals surface area contributed by atoms with Gasteiger partial charge in [-0.1, -0.05) is 23.8 Å². The summed E-state index contributed by atoms with van der Waals surface area (Å²) in [6.07, 6.45) is 0. The first-order valence-electron chi connectivity index (χ1n) is 8.05. The largest absolute Gasteiger partial charge is 0.463 e. The Morgan fingerprint density at radius 1 is 1.33 bits per heavy atom. The normalized spacial score (nSPS) is 17.8. The van der Waals surface area contributed by atoms with Crippen LogP contribution in [0.15, 0.2) is 29.5 Å². The molecule has 5 nitrogen and oxygen atoms in total. The van der Waals surface area contributed by atoms with E-state index in [1.807, 2.05) is 39.0 Å². The van der Waals surface area contributed by atoms with E-state index in [0.717, 1.165) is 16.7 Å². The fourth-order valence-corrected chi connectivity index (χ4v) is 3.22. The predicted octanol–water partition coefficient (Wildman–Crippen LogP) is 3.45. The number of hydrogen-bond donors (Lipinski definition) is 1. The molecule has 2 amide bonds. The lowest BCUT2D eigenvalue weighted by molar-refractivity contribution is -0.139. The molecule has 6 heteroatoms. The Morgan fingerprint density at radius 2 is 2.04 bits per heavy atom. The van der Waals surface area contributed by atoms with Crippen LogP contribution < -0.4 is 5.32 Å². The predicted molar refractivity (Wildman–Crippen MR) is 93.9 cm³/mol. The number of nitrogens with one attached hydrogen (secondary N) is 1. The van der Waals surface area contributed by atoms with Crippen LogP contribution in [-0.4, -0.2) is 35.9 Å². The SMILES string of the molecule is CCOC(=O)C1=C(CCl)N(CC)C(=O)NC1c1cc(C)ccc1C. The van der Waals surface area contributed by atoms with E-state index in [-0.39, 0.29) is 18.5 Å². The third kappa shape index (κ3) is 3.41. The Balaban J connectivity index is 2.65. The second kappa shape index (κ2) is 7.71. The molecule has 0 aliphatic carbocycles. The van der Waals surface area contributed by atoms with Gasteiger partial charge < -0.3 is 10.1 Å². The van der Waals surface area contributed by atoms with Crippen molar-refractivity contribution >= 4 is 23.6 Å². The van der Waals surface area contributed by atoms with Crippen LogP contribution in [0.1, 0.15) is 36.6 Å². The fourth-order valence-electron chi connectivity index (χ4n) is 2.94. The molecule has 0 saturated carbocycles. The number of nitrogens with zero attached hydrogens (tertiary/aromatic N) is 1. The molecule has 1 unspecified atom stereocenters. The van der Waals surface area contributed by atoms with Crippen LogP contribution in [0.4, 0.5) is 4.79 Å². The zero-order valence-corrected chi connectivity index (χ0v) is 15.2. The number of halogens is 1. The third-order valence-electron chi connectivity index (χ3n) is 4.12. The second-order valence-corrected chi connectivity index (χ2v) is 5.97. The number of alkyl halides is 1. The molecule has 0 fully saturated rings. The summed E-state index contributed by atoms with van der Waals surface area (Å²) in [5.41, 5.74) is 3.84. The van der Waals surface area contributed by atoms with Gasteiger partial charge in [-0.25, -0.2) is 9.59 Å². The summed E-state index contributed by atoms with van der Waals surface area (Å²) in [6, 6.07) is 5.14. The average molecular weight is 351 g/mol. The smallest absolute Gasteiger partial charge is 0.338 e. The standard InChI is InChI=1S/C18H23ClN2O3/c1-5-21-14(10-19)15(17(22)24-6-2)16(20-18(21)23)13-9-11(3)7-8-12(13)4/h7-9,16H,5-6,10H2,1-4H3,(H,20,23). The lowest BCUT2D eigenvalue weighted by Gasteiger charge is -2.36. The van der Waals surface area contributed by atoms with E-state index in [1.165, 1.54) is 4.90 Å². The highest BCUT2D eigenvalue weighted by Crippen LogP contribution is 2.33. The molecule has 1 aliphatic rings. The number of esters is 1. The number of ether oxygens (including phenoxy) is 1. The zero-order valence-electron chi connectivity index (χ0n) is 14.5. The molecule has 1 aromatic carbocycles. The van der Waals surface area contributed by atoms with Gasteiger partial charge in [0.2, 0.25) is 0 Å². The van der Waals surface area contributed by atoms with Crippen LogP contribution in [0, 0.1) is 13.8 Å². The van der Waals surface area contributed by atoms with Gasteiger partial charge in [0.05, 0.1) is 29.8 Å². The minimum Gasteiger partial charge on any atom is -0.463 e. The van der Waals surface area contributed by atoms with Crippen molar-refractivity contribution in [2.45, 2.75) is 33.7 Å². The Morgan fingerprint density at radius 3 is 2.62 bits per heavy atom. The number of urea groups is 1. The van der Waals surface area contributed by atoms with Crippen LogP contribution in [0.3, 0.4) is 0 Å². The molecular weight excluding hydrogens is 328 g/mol. The molecule has 24 heavy (non-hydrogen) atoms. The van der Waals surface area contributed by atoms with E-state index >= 15 is 0 Å². The first-order chi connectivity index (χ1) is 11.4. The lowest BCUT2D eigenvalue weighted by Crippen LogP contribution is -2.49. The monoisotopic (exact) mass is 350 g/mol. The number of rotatable bonds is 5. The van der Waals surface area contributed by atoms with Crippen molar-refractivity contribution in [1.82, 2.24) is 10.2 Å². The van der Waals surface area contributed by atoms with Crippen molar-refractivity contribution < 1.29 is 14.3 Å². The fraction of sp³-hybridized carbons (Fsp3) is 0.444. The Labute approximate surface area is 147 Å². The minimum atomic E-state index is -0.562. The topological polar surface area (TPSA) is 58.6 Å². The minimum absolute atomic E-state index is 0.0662. The summed E-state index contributed by atoms with van der Waals surface area (Å²) in [7, 11) is 0. The number of hydrogen-bond acceptors (Lipinski definition) is 3. The van der Waals surface area contributed by atoms with Gasteiger partial charge in [0.15, 0.2) is 0 Å². The van der Waals surface area contributed by atoms with E-state index in [9.17, 15) is 9.59 Å². The van der Waals surface area contributed by atoms with Gasteiger partial charge in [0.1, 0.15) is 0 Å². The third-order valence-corrected chi connectivity index (χ3v) is 4.38. The summed E-state index contributed by atoms with van der Waals surface area (Å²) in [6.45, 7) is 8.21. The van der Waals surface area contributed by atoms with E-state index in [4.69, 9.17) is 16.3 Å². The number of benzene rings is 1. The molecule has 0 spiro atoms. The van der Waals surface area contributed by atoms with Crippen LogP contribution in [0.25, 0.3) is 0 Å². The second-order valence-electron chi connectivity index (χ2n) is 5.70. The highest BCUT2D eigenvalue weighted by Gasteiger charge is 2.37. The molecular formula is C18H23ClN2O3. The molecule has 1 atom stereocenters. The van der Waals surface area contributed by atoms with Crippen molar-refractivity contribution in [2.24, 2.45) is 0 Å². The first-order valence-corrected chi connectivity index (χ1v) is 8.59. The molecule has 0 bridgehead atoms. The van der Waals surface area contributed by atoms with Crippen LogP contribution in [0.5, 0.6) is 0 Å². The quantitative estimate of drug-likeness (QED) is 0.653. The molecule has 0 radical (unpaired) electrons. The summed E-state index contributed by atoms with van der Waals surface area (Å²) in [5, 5.41) is 2.93. The molecule has 1 N–H and O–H groups in total. The highest BCUT2D eigenvalue weighted by molar-refractivity contribution is 6.20. The van der Waals surface area contributed by atoms with Crippen molar-refractivity contribution in [3.63, 3.8) is 0 Å². The maximum Gasteiger partial charge on any atom is 0.338 e. The van der Waals surface area contributed by atoms with Crippen molar-refractivity contribution in [3.8, 4) is 0 Å². The van der Waals surface area contributed by atoms with Crippen molar-refractivity contribution in [1.29, 1.82) is 0 Å². The van der Waals surface area contributed by atoms with Gasteiger partial charge >= 0.3 is 12.0 Å². The van der Waals surface area contributed by atoms with Gasteiger partial charge in [-0.15, -0.1) is 11.6 Å². The Hall–Kier alpha value is -2.01.